The van der Waals surface area contributed by atoms with E-state index in [1.54, 1.807) is 18.2 Å². The number of amides is 1. The van der Waals surface area contributed by atoms with Crippen LogP contribution >= 0.6 is 11.6 Å². The number of rotatable bonds is 7. The van der Waals surface area contributed by atoms with Crippen molar-refractivity contribution in [3.8, 4) is 5.75 Å². The van der Waals surface area contributed by atoms with E-state index in [4.69, 9.17) is 25.6 Å². The lowest BCUT2D eigenvalue weighted by Gasteiger charge is -2.08. The molecule has 7 nitrogen and oxygen atoms in total. The van der Waals surface area contributed by atoms with Gasteiger partial charge in [-0.1, -0.05) is 16.8 Å². The molecule has 1 aromatic heterocycles. The summed E-state index contributed by atoms with van der Waals surface area (Å²) in [4.78, 5) is 16.5. The van der Waals surface area contributed by atoms with Gasteiger partial charge in [-0.05, 0) is 38.0 Å². The molecule has 0 saturated carbocycles. The number of nitrogens with zero attached hydrogens (tertiary/aromatic N) is 2. The smallest absolute Gasteiger partial charge is 0.255 e. The van der Waals surface area contributed by atoms with Crippen molar-refractivity contribution in [2.75, 3.05) is 19.8 Å². The quantitative estimate of drug-likeness (QED) is 0.811. The van der Waals surface area contributed by atoms with Crippen LogP contribution in [-0.4, -0.2) is 35.8 Å². The lowest BCUT2D eigenvalue weighted by Crippen LogP contribution is -2.26. The highest BCUT2D eigenvalue weighted by atomic mass is 35.5. The van der Waals surface area contributed by atoms with Crippen molar-refractivity contribution in [1.82, 2.24) is 15.5 Å². The summed E-state index contributed by atoms with van der Waals surface area (Å²) in [6.45, 7) is 3.51. The Balaban J connectivity index is 1.50. The Hall–Kier alpha value is -2.12. The second-order valence-corrected chi connectivity index (χ2v) is 6.04. The van der Waals surface area contributed by atoms with Crippen molar-refractivity contribution in [3.05, 3.63) is 40.5 Å². The van der Waals surface area contributed by atoms with Crippen molar-refractivity contribution < 1.29 is 18.8 Å². The second kappa shape index (κ2) is 8.31. The fourth-order valence-corrected chi connectivity index (χ4v) is 2.81. The molecular formula is C17H20ClN3O4. The van der Waals surface area contributed by atoms with Crippen LogP contribution in [0.25, 0.3) is 0 Å². The average Bonchev–Trinajstić information content (AvgIpc) is 3.28. The Morgan fingerprint density at radius 1 is 1.48 bits per heavy atom. The van der Waals surface area contributed by atoms with Gasteiger partial charge in [-0.2, -0.15) is 4.98 Å². The van der Waals surface area contributed by atoms with Crippen LogP contribution in [0.3, 0.4) is 0 Å². The number of benzene rings is 1. The third kappa shape index (κ3) is 4.49. The van der Waals surface area contributed by atoms with Crippen LogP contribution in [0.2, 0.25) is 5.02 Å². The first kappa shape index (κ1) is 17.7. The Kier molecular flexibility index (Phi) is 5.88. The molecule has 1 fully saturated rings. The largest absolute Gasteiger partial charge is 0.492 e. The first-order valence-corrected chi connectivity index (χ1v) is 8.69. The summed E-state index contributed by atoms with van der Waals surface area (Å²) in [5.74, 6) is 1.41. The predicted molar refractivity (Wildman–Crippen MR) is 90.9 cm³/mol. The molecule has 1 N–H and O–H groups in total. The van der Waals surface area contributed by atoms with E-state index in [9.17, 15) is 4.79 Å². The first-order valence-electron chi connectivity index (χ1n) is 8.32. The third-order valence-electron chi connectivity index (χ3n) is 3.82. The zero-order valence-corrected chi connectivity index (χ0v) is 14.7. The molecule has 0 spiro atoms. The lowest BCUT2D eigenvalue weighted by molar-refractivity contribution is 0.0835. The van der Waals surface area contributed by atoms with Crippen molar-refractivity contribution in [3.63, 3.8) is 0 Å². The molecule has 1 amide bonds. The molecule has 0 radical (unpaired) electrons. The number of halogens is 1. The molecule has 1 atom stereocenters. The highest BCUT2D eigenvalue weighted by Gasteiger charge is 2.23. The van der Waals surface area contributed by atoms with Gasteiger partial charge in [0.05, 0.1) is 11.6 Å². The number of aromatic nitrogens is 2. The van der Waals surface area contributed by atoms with E-state index < -0.39 is 0 Å². The summed E-state index contributed by atoms with van der Waals surface area (Å²) in [6.07, 6.45) is 2.29. The minimum Gasteiger partial charge on any atom is -0.492 e. The first-order chi connectivity index (χ1) is 12.2. The normalized spacial score (nSPS) is 16.8. The molecule has 0 aliphatic carbocycles. The van der Waals surface area contributed by atoms with E-state index in [-0.39, 0.29) is 12.0 Å². The molecule has 0 bridgehead atoms. The molecular weight excluding hydrogens is 346 g/mol. The van der Waals surface area contributed by atoms with Gasteiger partial charge < -0.3 is 19.3 Å². The van der Waals surface area contributed by atoms with Gasteiger partial charge in [-0.25, -0.2) is 0 Å². The van der Waals surface area contributed by atoms with Crippen LogP contribution in [0.1, 0.15) is 47.9 Å². The predicted octanol–water partition coefficient (Wildman–Crippen LogP) is 2.95. The molecule has 1 aliphatic heterocycles. The van der Waals surface area contributed by atoms with Gasteiger partial charge >= 0.3 is 0 Å². The average molecular weight is 366 g/mol. The maximum absolute atomic E-state index is 12.2. The SMILES string of the molecule is CCOc1ccc(C(=O)NCCc2noc([C@H]3CCCO3)n2)cc1Cl. The summed E-state index contributed by atoms with van der Waals surface area (Å²) in [5.41, 5.74) is 0.474. The van der Waals surface area contributed by atoms with Gasteiger partial charge in [0, 0.05) is 25.1 Å². The van der Waals surface area contributed by atoms with Crippen LogP contribution < -0.4 is 10.1 Å². The van der Waals surface area contributed by atoms with Crippen LogP contribution in [0.4, 0.5) is 0 Å². The molecule has 3 rings (SSSR count). The molecule has 134 valence electrons. The van der Waals surface area contributed by atoms with Crippen molar-refractivity contribution >= 4 is 17.5 Å². The third-order valence-corrected chi connectivity index (χ3v) is 4.11. The second-order valence-electron chi connectivity index (χ2n) is 5.63. The van der Waals surface area contributed by atoms with E-state index in [1.165, 1.54) is 0 Å². The van der Waals surface area contributed by atoms with E-state index in [2.05, 4.69) is 15.5 Å². The summed E-state index contributed by atoms with van der Waals surface area (Å²) in [5, 5.41) is 7.15. The summed E-state index contributed by atoms with van der Waals surface area (Å²) in [7, 11) is 0. The van der Waals surface area contributed by atoms with Gasteiger partial charge in [-0.15, -0.1) is 0 Å². The van der Waals surface area contributed by atoms with Gasteiger partial charge in [-0.3, -0.25) is 4.79 Å². The van der Waals surface area contributed by atoms with E-state index >= 15 is 0 Å². The molecule has 25 heavy (non-hydrogen) atoms. The van der Waals surface area contributed by atoms with E-state index in [0.29, 0.717) is 47.6 Å². The van der Waals surface area contributed by atoms with Crippen LogP contribution in [0.5, 0.6) is 5.75 Å². The fourth-order valence-electron chi connectivity index (χ4n) is 2.58. The molecule has 1 aliphatic rings. The van der Waals surface area contributed by atoms with Crippen molar-refractivity contribution in [2.24, 2.45) is 0 Å². The minimum absolute atomic E-state index is 0.0955. The van der Waals surface area contributed by atoms with Crippen LogP contribution in [0, 0.1) is 0 Å². The topological polar surface area (TPSA) is 86.5 Å². The monoisotopic (exact) mass is 365 g/mol. The lowest BCUT2D eigenvalue weighted by atomic mass is 10.2. The molecule has 8 heteroatoms. The van der Waals surface area contributed by atoms with Crippen LogP contribution in [0.15, 0.2) is 22.7 Å². The molecule has 0 unspecified atom stereocenters. The van der Waals surface area contributed by atoms with Crippen LogP contribution in [-0.2, 0) is 11.2 Å². The van der Waals surface area contributed by atoms with Gasteiger partial charge in [0.15, 0.2) is 5.82 Å². The molecule has 2 aromatic rings. The maximum Gasteiger partial charge on any atom is 0.255 e. The van der Waals surface area contributed by atoms with Crippen molar-refractivity contribution in [1.29, 1.82) is 0 Å². The Bertz CT molecular complexity index is 728. The molecule has 1 saturated heterocycles. The molecule has 1 aromatic carbocycles. The number of nitrogens with one attached hydrogen (secondary N) is 1. The summed E-state index contributed by atoms with van der Waals surface area (Å²) < 4.78 is 16.1. The van der Waals surface area contributed by atoms with Gasteiger partial charge in [0.1, 0.15) is 11.9 Å². The summed E-state index contributed by atoms with van der Waals surface area (Å²) >= 11 is 6.10. The zero-order valence-electron chi connectivity index (χ0n) is 14.0. The summed E-state index contributed by atoms with van der Waals surface area (Å²) in [6, 6.07) is 4.95. The highest BCUT2D eigenvalue weighted by Crippen LogP contribution is 2.27. The highest BCUT2D eigenvalue weighted by molar-refractivity contribution is 6.32. The number of carbonyl (C=O) groups excluding carboxylic acids is 1. The van der Waals surface area contributed by atoms with Gasteiger partial charge in [0.25, 0.3) is 11.8 Å². The zero-order chi connectivity index (χ0) is 17.6. The fraction of sp³-hybridized carbons (Fsp3) is 0.471. The van der Waals surface area contributed by atoms with E-state index in [1.807, 2.05) is 6.92 Å². The Labute approximate surface area is 150 Å². The number of hydrogen-bond donors (Lipinski definition) is 1. The van der Waals surface area contributed by atoms with Gasteiger partial charge in [0.2, 0.25) is 0 Å². The standard InChI is InChI=1S/C17H20ClN3O4/c1-2-23-13-6-5-11(10-12(13)18)16(22)19-8-7-15-20-17(25-21-15)14-4-3-9-24-14/h5-6,10,14H,2-4,7-9H2,1H3,(H,19,22)/t14-/m1/s1. The number of ether oxygens (including phenoxy) is 2. The minimum atomic E-state index is -0.215. The van der Waals surface area contributed by atoms with E-state index in [0.717, 1.165) is 19.4 Å². The number of carbonyl (C=O) groups is 1. The molecule has 2 heterocycles. The number of hydrogen-bond acceptors (Lipinski definition) is 6. The van der Waals surface area contributed by atoms with Crippen molar-refractivity contribution in [2.45, 2.75) is 32.3 Å². The maximum atomic E-state index is 12.2. The Morgan fingerprint density at radius 2 is 2.36 bits per heavy atom. The Morgan fingerprint density at radius 3 is 3.08 bits per heavy atom.